The van der Waals surface area contributed by atoms with Crippen LogP contribution >= 0.6 is 0 Å². The third-order valence-electron chi connectivity index (χ3n) is 4.95. The van der Waals surface area contributed by atoms with Gasteiger partial charge >= 0.3 is 12.6 Å². The van der Waals surface area contributed by atoms with E-state index in [9.17, 15) is 17.4 Å². The summed E-state index contributed by atoms with van der Waals surface area (Å²) in [5.41, 5.74) is 0.416. The first kappa shape index (κ1) is 30.0. The molecule has 1 aromatic heterocycles. The van der Waals surface area contributed by atoms with Crippen LogP contribution in [-0.4, -0.2) is 53.7 Å². The Kier molecular flexibility index (Phi) is 11.2. The number of rotatable bonds is 14. The molecule has 1 heterocycles. The number of nitrogens with zero attached hydrogens (tertiary/aromatic N) is 7. The maximum Gasteiger partial charge on any atom is 0.357 e. The van der Waals surface area contributed by atoms with E-state index in [1.807, 2.05) is 18.7 Å². The maximum absolute atomic E-state index is 13.5. The maximum atomic E-state index is 13.5. The van der Waals surface area contributed by atoms with Crippen molar-refractivity contribution in [2.45, 2.75) is 40.5 Å². The molecular weight excluding hydrogens is 519 g/mol. The second-order valence-electron chi connectivity index (χ2n) is 6.99. The molecule has 0 bridgehead atoms. The van der Waals surface area contributed by atoms with E-state index in [-0.39, 0.29) is 35.4 Å². The van der Waals surface area contributed by atoms with Crippen molar-refractivity contribution in [2.75, 3.05) is 38.2 Å². The molecule has 16 heteroatoms. The highest BCUT2D eigenvalue weighted by molar-refractivity contribution is 7.89. The quantitative estimate of drug-likeness (QED) is 0.124. The Morgan fingerprint density at radius 2 is 1.89 bits per heavy atom. The van der Waals surface area contributed by atoms with Gasteiger partial charge in [0.25, 0.3) is 5.82 Å². The number of imidazole rings is 1. The molecule has 0 radical (unpaired) electrons. The third-order valence-corrected chi connectivity index (χ3v) is 6.15. The molecule has 37 heavy (non-hydrogen) atoms. The standard InChI is InChI=1S/C21H28F3N7O5S/c1-7-30(8-2)17-10-15(29-37(32,13-22)36-20(23)24)14(11-18(17)33-5)27-28-21-26-16(12-35-34-6)19(25-4)31(21)9-3/h10-11,20H,7-9,12-13H2,1-3,5-6H3. The summed E-state index contributed by atoms with van der Waals surface area (Å²) in [6, 6.07) is 0.984. The second kappa shape index (κ2) is 13.9. The molecule has 0 aliphatic heterocycles. The van der Waals surface area contributed by atoms with Crippen LogP contribution in [0.4, 0.5) is 42.0 Å². The van der Waals surface area contributed by atoms with E-state index < -0.39 is 22.6 Å². The first-order valence-corrected chi connectivity index (χ1v) is 12.6. The summed E-state index contributed by atoms with van der Waals surface area (Å²) in [7, 11) is -1.71. The predicted octanol–water partition coefficient (Wildman–Crippen LogP) is 5.98. The van der Waals surface area contributed by atoms with Crippen LogP contribution in [0.2, 0.25) is 0 Å². The van der Waals surface area contributed by atoms with Crippen LogP contribution in [0.25, 0.3) is 4.85 Å². The van der Waals surface area contributed by atoms with Gasteiger partial charge in [-0.25, -0.2) is 27.5 Å². The number of ether oxygens (including phenoxy) is 1. The van der Waals surface area contributed by atoms with Crippen molar-refractivity contribution in [3.8, 4) is 5.75 Å². The van der Waals surface area contributed by atoms with Gasteiger partial charge in [0, 0.05) is 19.2 Å². The van der Waals surface area contributed by atoms with Gasteiger partial charge in [0.05, 0.1) is 32.1 Å². The molecular formula is C21H28F3N7O5S. The molecule has 0 saturated heterocycles. The first-order valence-electron chi connectivity index (χ1n) is 11.0. The summed E-state index contributed by atoms with van der Waals surface area (Å²) in [5.74, 6) is 0.502. The number of aromatic nitrogens is 2. The van der Waals surface area contributed by atoms with E-state index in [0.29, 0.717) is 31.1 Å². The number of halogens is 3. The summed E-state index contributed by atoms with van der Waals surface area (Å²) >= 11 is 0. The van der Waals surface area contributed by atoms with Gasteiger partial charge in [-0.05, 0) is 26.8 Å². The number of hydrogen-bond donors (Lipinski definition) is 0. The highest BCUT2D eigenvalue weighted by atomic mass is 32.2. The number of anilines is 1. The zero-order valence-electron chi connectivity index (χ0n) is 21.0. The number of benzene rings is 1. The van der Waals surface area contributed by atoms with Gasteiger partial charge in [-0.2, -0.15) is 13.1 Å². The van der Waals surface area contributed by atoms with Crippen molar-refractivity contribution in [1.82, 2.24) is 9.55 Å². The summed E-state index contributed by atoms with van der Waals surface area (Å²) in [4.78, 5) is 19.0. The monoisotopic (exact) mass is 547 g/mol. The molecule has 204 valence electrons. The molecule has 0 amide bonds. The molecule has 0 fully saturated rings. The van der Waals surface area contributed by atoms with Gasteiger partial charge in [0.2, 0.25) is 10.0 Å². The van der Waals surface area contributed by atoms with Gasteiger partial charge in [-0.1, -0.05) is 11.7 Å². The van der Waals surface area contributed by atoms with Gasteiger partial charge in [-0.15, -0.1) is 5.11 Å². The second-order valence-corrected chi connectivity index (χ2v) is 8.75. The Balaban J connectivity index is 2.75. The Morgan fingerprint density at radius 1 is 1.19 bits per heavy atom. The molecule has 0 aliphatic carbocycles. The lowest BCUT2D eigenvalue weighted by molar-refractivity contribution is -0.282. The molecule has 12 nitrogen and oxygen atoms in total. The fourth-order valence-corrected chi connectivity index (χ4v) is 4.11. The van der Waals surface area contributed by atoms with Crippen LogP contribution in [0.1, 0.15) is 26.5 Å². The van der Waals surface area contributed by atoms with E-state index in [1.165, 1.54) is 30.9 Å². The van der Waals surface area contributed by atoms with Gasteiger partial charge in [-0.3, -0.25) is 4.57 Å². The Labute approximate surface area is 213 Å². The number of azo groups is 1. The van der Waals surface area contributed by atoms with Crippen LogP contribution in [0.5, 0.6) is 5.75 Å². The third kappa shape index (κ3) is 7.38. The van der Waals surface area contributed by atoms with Crippen molar-refractivity contribution < 1.29 is 36.1 Å². The van der Waals surface area contributed by atoms with Crippen molar-refractivity contribution in [1.29, 1.82) is 0 Å². The smallest absolute Gasteiger partial charge is 0.357 e. The average molecular weight is 548 g/mol. The van der Waals surface area contributed by atoms with Crippen molar-refractivity contribution in [3.05, 3.63) is 29.2 Å². The molecule has 1 atom stereocenters. The van der Waals surface area contributed by atoms with Gasteiger partial charge in [0.1, 0.15) is 23.7 Å². The summed E-state index contributed by atoms with van der Waals surface area (Å²) in [6.07, 6.45) is 0. The Hall–Kier alpha value is -3.26. The minimum absolute atomic E-state index is 0.0241. The minimum Gasteiger partial charge on any atom is -0.494 e. The van der Waals surface area contributed by atoms with Crippen molar-refractivity contribution in [3.63, 3.8) is 0 Å². The summed E-state index contributed by atoms with van der Waals surface area (Å²) in [5, 5.41) is 8.18. The van der Waals surface area contributed by atoms with Crippen LogP contribution in [0.15, 0.2) is 26.7 Å². The van der Waals surface area contributed by atoms with Crippen molar-refractivity contribution in [2.24, 2.45) is 14.6 Å². The van der Waals surface area contributed by atoms with Crippen LogP contribution < -0.4 is 9.64 Å². The molecule has 2 aromatic rings. The van der Waals surface area contributed by atoms with Gasteiger partial charge in [0.15, 0.2) is 6.01 Å². The van der Waals surface area contributed by atoms with E-state index in [2.05, 4.69) is 33.5 Å². The molecule has 1 unspecified atom stereocenters. The Morgan fingerprint density at radius 3 is 2.41 bits per heavy atom. The normalized spacial score (nSPS) is 13.1. The summed E-state index contributed by atoms with van der Waals surface area (Å²) < 4.78 is 66.3. The van der Waals surface area contributed by atoms with Crippen molar-refractivity contribution >= 4 is 38.8 Å². The molecule has 0 saturated carbocycles. The molecule has 0 N–H and O–H groups in total. The first-order chi connectivity index (χ1) is 17.7. The number of alkyl halides is 3. The number of hydrogen-bond acceptors (Lipinski definition) is 10. The minimum atomic E-state index is -4.43. The zero-order chi connectivity index (χ0) is 27.6. The highest BCUT2D eigenvalue weighted by Crippen LogP contribution is 2.42. The van der Waals surface area contributed by atoms with E-state index in [0.717, 1.165) is 0 Å². The van der Waals surface area contributed by atoms with Gasteiger partial charge < -0.3 is 14.5 Å². The lowest BCUT2D eigenvalue weighted by Crippen LogP contribution is -2.22. The largest absolute Gasteiger partial charge is 0.494 e. The van der Waals surface area contributed by atoms with E-state index >= 15 is 0 Å². The molecule has 1 aromatic carbocycles. The molecule has 0 aliphatic rings. The number of methoxy groups -OCH3 is 1. The molecule has 0 spiro atoms. The van der Waals surface area contributed by atoms with Crippen LogP contribution in [-0.2, 0) is 37.1 Å². The fraction of sp³-hybridized carbons (Fsp3) is 0.524. The van der Waals surface area contributed by atoms with E-state index in [1.54, 1.807) is 6.92 Å². The SMILES string of the molecule is [C-]#[N+]c1c(COOC)nc(N=Nc2cc(OC)c(N(CC)CC)cc2N=S(=O)(CF)OC(F)F)n1CC. The van der Waals surface area contributed by atoms with Crippen LogP contribution in [0.3, 0.4) is 0 Å². The fourth-order valence-electron chi connectivity index (χ4n) is 3.29. The Bertz CT molecular complexity index is 1250. The zero-order valence-corrected chi connectivity index (χ0v) is 21.8. The average Bonchev–Trinajstić information content (AvgIpc) is 3.23. The lowest BCUT2D eigenvalue weighted by atomic mass is 10.2. The van der Waals surface area contributed by atoms with E-state index in [4.69, 9.17) is 16.2 Å². The highest BCUT2D eigenvalue weighted by Gasteiger charge is 2.22. The topological polar surface area (TPSA) is 116 Å². The lowest BCUT2D eigenvalue weighted by Gasteiger charge is -2.24. The molecule has 2 rings (SSSR count). The van der Waals surface area contributed by atoms with Crippen LogP contribution in [0, 0.1) is 6.57 Å². The summed E-state index contributed by atoms with van der Waals surface area (Å²) in [6.45, 7) is 10.7. The predicted molar refractivity (Wildman–Crippen MR) is 130 cm³/mol.